The minimum Gasteiger partial charge on any atom is -0.480 e. The van der Waals surface area contributed by atoms with Gasteiger partial charge in [0.1, 0.15) is 18.8 Å². The summed E-state index contributed by atoms with van der Waals surface area (Å²) >= 11 is 0. The first-order chi connectivity index (χ1) is 8.04. The van der Waals surface area contributed by atoms with E-state index in [-0.39, 0.29) is 0 Å². The second-order valence-electron chi connectivity index (χ2n) is 3.42. The maximum atomic E-state index is 11.1. The lowest BCUT2D eigenvalue weighted by molar-refractivity contribution is -0.142. The Morgan fingerprint density at radius 1 is 1.28 bits per heavy atom. The van der Waals surface area contributed by atoms with Gasteiger partial charge in [0.25, 0.3) is 0 Å². The molecule has 0 radical (unpaired) electrons. The van der Waals surface area contributed by atoms with Crippen LogP contribution in [0.1, 0.15) is 6.42 Å². The first kappa shape index (κ1) is 17.1. The van der Waals surface area contributed by atoms with E-state index in [1.807, 2.05) is 0 Å². The lowest BCUT2D eigenvalue weighted by Gasteiger charge is -2.18. The van der Waals surface area contributed by atoms with Gasteiger partial charge in [-0.3, -0.25) is 14.1 Å². The van der Waals surface area contributed by atoms with E-state index < -0.39 is 50.9 Å². The number of aliphatic hydroxyl groups excluding tert-OH is 2. The number of aliphatic carboxylic acids is 1. The summed E-state index contributed by atoms with van der Waals surface area (Å²) in [5.41, 5.74) is 5.06. The van der Waals surface area contributed by atoms with Crippen molar-refractivity contribution in [3.05, 3.63) is 0 Å². The Morgan fingerprint density at radius 2 is 1.78 bits per heavy atom. The topological polar surface area (TPSA) is 188 Å². The highest BCUT2D eigenvalue weighted by Crippen LogP contribution is 2.35. The van der Waals surface area contributed by atoms with Gasteiger partial charge in [-0.15, -0.1) is 0 Å². The number of carbonyl (C=O) groups excluding carboxylic acids is 1. The predicted molar refractivity (Wildman–Crippen MR) is 55.2 cm³/mol. The van der Waals surface area contributed by atoms with E-state index in [0.717, 1.165) is 0 Å². The van der Waals surface area contributed by atoms with Gasteiger partial charge < -0.3 is 30.8 Å². The van der Waals surface area contributed by atoms with Crippen molar-refractivity contribution in [1.82, 2.24) is 0 Å². The number of Topliss-reactive ketones (excluding diaryl/α,β-unsaturated/α-hetero) is 1. The van der Waals surface area contributed by atoms with E-state index in [0.29, 0.717) is 0 Å². The zero-order valence-electron chi connectivity index (χ0n) is 9.04. The van der Waals surface area contributed by atoms with Crippen LogP contribution in [-0.4, -0.2) is 61.7 Å². The fourth-order valence-electron chi connectivity index (χ4n) is 0.938. The number of aliphatic hydroxyl groups is 2. The van der Waals surface area contributed by atoms with Crippen molar-refractivity contribution in [3.63, 3.8) is 0 Å². The summed E-state index contributed by atoms with van der Waals surface area (Å²) in [6, 6.07) is -1.48. The molecule has 7 N–H and O–H groups in total. The van der Waals surface area contributed by atoms with Gasteiger partial charge in [0.15, 0.2) is 5.78 Å². The number of phosphoric ester groups is 1. The van der Waals surface area contributed by atoms with Crippen LogP contribution in [0.5, 0.6) is 0 Å². The van der Waals surface area contributed by atoms with Crippen molar-refractivity contribution >= 4 is 19.6 Å². The van der Waals surface area contributed by atoms with Crippen LogP contribution in [-0.2, 0) is 18.7 Å². The maximum Gasteiger partial charge on any atom is 0.470 e. The van der Waals surface area contributed by atoms with E-state index in [1.54, 1.807) is 0 Å². The van der Waals surface area contributed by atoms with Crippen LogP contribution < -0.4 is 5.73 Å². The van der Waals surface area contributed by atoms with Gasteiger partial charge in [0.2, 0.25) is 0 Å². The molecule has 3 atom stereocenters. The molecule has 0 aliphatic carbocycles. The number of ketones is 1. The van der Waals surface area contributed by atoms with Crippen LogP contribution in [0.15, 0.2) is 0 Å². The normalized spacial score (nSPS) is 16.9. The molecule has 0 spiro atoms. The van der Waals surface area contributed by atoms with Gasteiger partial charge in [-0.2, -0.15) is 0 Å². The summed E-state index contributed by atoms with van der Waals surface area (Å²) in [5, 5.41) is 26.9. The molecule has 0 aliphatic rings. The molecule has 0 rings (SSSR count). The number of carboxylic acid groups (broad SMARTS) is 1. The average molecular weight is 287 g/mol. The Kier molecular flexibility index (Phi) is 6.57. The first-order valence-electron chi connectivity index (χ1n) is 4.62. The lowest BCUT2D eigenvalue weighted by atomic mass is 10.0. The maximum absolute atomic E-state index is 11.1. The molecule has 0 bridgehead atoms. The number of carbonyl (C=O) groups is 2. The van der Waals surface area contributed by atoms with E-state index in [1.165, 1.54) is 0 Å². The highest BCUT2D eigenvalue weighted by Gasteiger charge is 2.29. The molecular formula is C7H14NO9P. The van der Waals surface area contributed by atoms with Crippen LogP contribution in [0.3, 0.4) is 0 Å². The van der Waals surface area contributed by atoms with Crippen LogP contribution in [0.25, 0.3) is 0 Å². The van der Waals surface area contributed by atoms with Crippen LogP contribution >= 0.6 is 7.82 Å². The number of carboxylic acids is 1. The van der Waals surface area contributed by atoms with Crippen LogP contribution in [0.2, 0.25) is 0 Å². The summed E-state index contributed by atoms with van der Waals surface area (Å²) < 4.78 is 14.1. The molecule has 0 aromatic carbocycles. The zero-order valence-corrected chi connectivity index (χ0v) is 9.93. The van der Waals surface area contributed by atoms with E-state index in [4.69, 9.17) is 20.6 Å². The van der Waals surface area contributed by atoms with Crippen LogP contribution in [0.4, 0.5) is 0 Å². The molecule has 11 heteroatoms. The molecule has 10 nitrogen and oxygen atoms in total. The van der Waals surface area contributed by atoms with E-state index in [9.17, 15) is 24.4 Å². The molecule has 0 fully saturated rings. The third-order valence-electron chi connectivity index (χ3n) is 1.88. The smallest absolute Gasteiger partial charge is 0.470 e. The summed E-state index contributed by atoms with van der Waals surface area (Å²) in [5.74, 6) is -2.64. The second kappa shape index (κ2) is 6.90. The van der Waals surface area contributed by atoms with E-state index >= 15 is 0 Å². The zero-order chi connectivity index (χ0) is 14.5. The average Bonchev–Trinajstić information content (AvgIpc) is 2.23. The SMILES string of the molecule is NC(CC(O)C(O)C(=O)COP(=O)(O)O)C(=O)O. The monoisotopic (exact) mass is 287 g/mol. The largest absolute Gasteiger partial charge is 0.480 e. The number of rotatable bonds is 8. The molecule has 0 aromatic heterocycles. The van der Waals surface area contributed by atoms with Gasteiger partial charge >= 0.3 is 13.8 Å². The number of hydrogen-bond acceptors (Lipinski definition) is 7. The summed E-state index contributed by atoms with van der Waals surface area (Å²) in [6.07, 6.45) is -4.41. The van der Waals surface area contributed by atoms with Gasteiger partial charge in [-0.05, 0) is 0 Å². The summed E-state index contributed by atoms with van der Waals surface area (Å²) in [4.78, 5) is 38.1. The van der Waals surface area contributed by atoms with E-state index in [2.05, 4.69) is 4.52 Å². The fourth-order valence-corrected chi connectivity index (χ4v) is 1.23. The van der Waals surface area contributed by atoms with Crippen LogP contribution in [0, 0.1) is 0 Å². The van der Waals surface area contributed by atoms with Gasteiger partial charge in [-0.25, -0.2) is 4.57 Å². The van der Waals surface area contributed by atoms with Crippen molar-refractivity contribution in [2.24, 2.45) is 5.73 Å². The Hall–Kier alpha value is -0.870. The quantitative estimate of drug-likeness (QED) is 0.254. The van der Waals surface area contributed by atoms with Crippen molar-refractivity contribution in [1.29, 1.82) is 0 Å². The molecule has 0 aromatic rings. The third kappa shape index (κ3) is 6.77. The number of phosphoric acid groups is 1. The Bertz CT molecular complexity index is 353. The fraction of sp³-hybridized carbons (Fsp3) is 0.714. The molecule has 3 unspecified atom stereocenters. The first-order valence-corrected chi connectivity index (χ1v) is 6.15. The highest BCUT2D eigenvalue weighted by atomic mass is 31.2. The second-order valence-corrected chi connectivity index (χ2v) is 4.66. The van der Waals surface area contributed by atoms with Gasteiger partial charge in [-0.1, -0.05) is 0 Å². The summed E-state index contributed by atoms with van der Waals surface area (Å²) in [6.45, 7) is -1.12. The standard InChI is InChI=1S/C7H14NO9P/c8-3(7(12)13)1-4(9)6(11)5(10)2-17-18(14,15)16/h3-4,6,9,11H,1-2,8H2,(H,12,13)(H2,14,15,16). The molecule has 0 saturated heterocycles. The molecule has 0 saturated carbocycles. The Labute approximate surface area is 101 Å². The van der Waals surface area contributed by atoms with Crippen molar-refractivity contribution < 1.29 is 43.8 Å². The molecule has 106 valence electrons. The number of nitrogens with two attached hydrogens (primary N) is 1. The molecule has 0 aliphatic heterocycles. The minimum absolute atomic E-state index is 0.599. The highest BCUT2D eigenvalue weighted by molar-refractivity contribution is 7.46. The van der Waals surface area contributed by atoms with Gasteiger partial charge in [0, 0.05) is 6.42 Å². The Morgan fingerprint density at radius 3 is 2.17 bits per heavy atom. The molecule has 0 amide bonds. The Balaban J connectivity index is 4.28. The van der Waals surface area contributed by atoms with Crippen molar-refractivity contribution in [2.45, 2.75) is 24.7 Å². The van der Waals surface area contributed by atoms with Gasteiger partial charge in [0.05, 0.1) is 6.10 Å². The number of hydrogen-bond donors (Lipinski definition) is 6. The molecule has 0 heterocycles. The lowest BCUT2D eigenvalue weighted by Crippen LogP contribution is -2.42. The van der Waals surface area contributed by atoms with Crippen molar-refractivity contribution in [2.75, 3.05) is 6.61 Å². The third-order valence-corrected chi connectivity index (χ3v) is 2.35. The predicted octanol–water partition coefficient (Wildman–Crippen LogP) is -2.81. The molecule has 18 heavy (non-hydrogen) atoms. The van der Waals surface area contributed by atoms with Crippen molar-refractivity contribution in [3.8, 4) is 0 Å². The molecular weight excluding hydrogens is 273 g/mol. The summed E-state index contributed by atoms with van der Waals surface area (Å²) in [7, 11) is -4.87. The minimum atomic E-state index is -4.87.